The van der Waals surface area contributed by atoms with E-state index in [1.54, 1.807) is 37.4 Å². The number of para-hydroxylation sites is 1. The van der Waals surface area contributed by atoms with E-state index in [0.29, 0.717) is 34.1 Å². The highest BCUT2D eigenvalue weighted by Crippen LogP contribution is 2.40. The SMILES string of the molecule is COc1cc(C(=O)NC2CC2)ccc1Nc1cc2c(cn1)N(C)C(=O)c1ccccc1N2C. The summed E-state index contributed by atoms with van der Waals surface area (Å²) < 4.78 is 5.53. The van der Waals surface area contributed by atoms with Crippen LogP contribution >= 0.6 is 0 Å². The highest BCUT2D eigenvalue weighted by atomic mass is 16.5. The number of amides is 2. The normalized spacial score (nSPS) is 14.8. The number of ether oxygens (including phenoxy) is 1. The quantitative estimate of drug-likeness (QED) is 0.618. The van der Waals surface area contributed by atoms with Gasteiger partial charge < -0.3 is 25.2 Å². The summed E-state index contributed by atoms with van der Waals surface area (Å²) in [4.78, 5) is 33.5. The maximum Gasteiger partial charge on any atom is 0.260 e. The Morgan fingerprint density at radius 3 is 2.58 bits per heavy atom. The molecule has 2 N–H and O–H groups in total. The van der Waals surface area contributed by atoms with E-state index in [4.69, 9.17) is 4.74 Å². The molecule has 0 atom stereocenters. The van der Waals surface area contributed by atoms with E-state index in [2.05, 4.69) is 15.6 Å². The second-order valence-electron chi connectivity index (χ2n) is 8.29. The number of hydrogen-bond acceptors (Lipinski definition) is 6. The zero-order valence-electron chi connectivity index (χ0n) is 18.8. The van der Waals surface area contributed by atoms with Crippen LogP contribution in [0.15, 0.2) is 54.7 Å². The predicted octanol–water partition coefficient (Wildman–Crippen LogP) is 4.08. The second-order valence-corrected chi connectivity index (χ2v) is 8.29. The number of pyridine rings is 1. The van der Waals surface area contributed by atoms with Crippen molar-refractivity contribution >= 4 is 40.4 Å². The number of methoxy groups -OCH3 is 1. The van der Waals surface area contributed by atoms with Crippen LogP contribution in [0.3, 0.4) is 0 Å². The van der Waals surface area contributed by atoms with E-state index >= 15 is 0 Å². The molecule has 168 valence electrons. The molecule has 2 heterocycles. The molecule has 0 unspecified atom stereocenters. The summed E-state index contributed by atoms with van der Waals surface area (Å²) in [7, 11) is 5.25. The molecule has 2 aliphatic rings. The monoisotopic (exact) mass is 443 g/mol. The van der Waals surface area contributed by atoms with Crippen LogP contribution in [0.4, 0.5) is 28.6 Å². The lowest BCUT2D eigenvalue weighted by atomic mass is 10.1. The Morgan fingerprint density at radius 2 is 1.82 bits per heavy atom. The van der Waals surface area contributed by atoms with Crippen LogP contribution in [0, 0.1) is 0 Å². The molecule has 0 radical (unpaired) electrons. The van der Waals surface area contributed by atoms with Crippen LogP contribution in [0.1, 0.15) is 33.6 Å². The molecule has 0 spiro atoms. The average molecular weight is 444 g/mol. The van der Waals surface area contributed by atoms with E-state index in [-0.39, 0.29) is 17.9 Å². The number of rotatable bonds is 5. The van der Waals surface area contributed by atoms with Gasteiger partial charge in [0.2, 0.25) is 0 Å². The number of fused-ring (bicyclic) bond motifs is 2. The first-order chi connectivity index (χ1) is 16.0. The van der Waals surface area contributed by atoms with E-state index in [1.165, 1.54) is 0 Å². The fraction of sp³-hybridized carbons (Fsp3) is 0.240. The molecule has 33 heavy (non-hydrogen) atoms. The third-order valence-electron chi connectivity index (χ3n) is 6.02. The van der Waals surface area contributed by atoms with Gasteiger partial charge in [-0.25, -0.2) is 4.98 Å². The van der Waals surface area contributed by atoms with Crippen LogP contribution in [0.2, 0.25) is 0 Å². The number of hydrogen-bond donors (Lipinski definition) is 2. The minimum atomic E-state index is -0.0986. The molecular formula is C25H25N5O3. The van der Waals surface area contributed by atoms with Crippen molar-refractivity contribution in [2.75, 3.05) is 36.3 Å². The summed E-state index contributed by atoms with van der Waals surface area (Å²) in [5.41, 5.74) is 4.25. The fourth-order valence-electron chi connectivity index (χ4n) is 3.97. The number of aromatic nitrogens is 1. The predicted molar refractivity (Wildman–Crippen MR) is 128 cm³/mol. The highest BCUT2D eigenvalue weighted by Gasteiger charge is 2.28. The third kappa shape index (κ3) is 3.84. The van der Waals surface area contributed by atoms with Gasteiger partial charge in [0.05, 0.1) is 41.6 Å². The average Bonchev–Trinajstić information content (AvgIpc) is 3.67. The van der Waals surface area contributed by atoms with Crippen molar-refractivity contribution in [2.24, 2.45) is 0 Å². The molecule has 1 aliphatic heterocycles. The number of nitrogens with one attached hydrogen (secondary N) is 2. The molecule has 1 aromatic heterocycles. The van der Waals surface area contributed by atoms with Gasteiger partial charge in [0.1, 0.15) is 11.6 Å². The van der Waals surface area contributed by atoms with Gasteiger partial charge in [-0.2, -0.15) is 0 Å². The summed E-state index contributed by atoms with van der Waals surface area (Å²) in [6.07, 6.45) is 3.75. The van der Waals surface area contributed by atoms with Crippen LogP contribution in [0.5, 0.6) is 5.75 Å². The van der Waals surface area contributed by atoms with Gasteiger partial charge in [0.15, 0.2) is 0 Å². The molecule has 2 aromatic carbocycles. The van der Waals surface area contributed by atoms with Crippen LogP contribution in [0.25, 0.3) is 0 Å². The first-order valence-corrected chi connectivity index (χ1v) is 10.8. The first-order valence-electron chi connectivity index (χ1n) is 10.8. The Kier molecular flexibility index (Phi) is 5.12. The van der Waals surface area contributed by atoms with E-state index in [0.717, 1.165) is 24.2 Å². The number of benzene rings is 2. The molecule has 0 saturated heterocycles. The standard InChI is InChI=1S/C25H25N5O3/c1-29-19-7-5-4-6-17(19)25(32)30(2)21-14-26-23(13-20(21)29)28-18-11-8-15(12-22(18)33-3)24(31)27-16-9-10-16/h4-8,11-14,16H,9-10H2,1-3H3,(H,26,28)(H,27,31). The van der Waals surface area contributed by atoms with Crippen LogP contribution < -0.4 is 25.2 Å². The lowest BCUT2D eigenvalue weighted by Gasteiger charge is -2.23. The van der Waals surface area contributed by atoms with Gasteiger partial charge in [-0.05, 0) is 43.2 Å². The molecule has 2 amide bonds. The Labute approximate surface area is 192 Å². The van der Waals surface area contributed by atoms with Crippen molar-refractivity contribution in [2.45, 2.75) is 18.9 Å². The van der Waals surface area contributed by atoms with Crippen molar-refractivity contribution < 1.29 is 14.3 Å². The third-order valence-corrected chi connectivity index (χ3v) is 6.02. The Bertz CT molecular complexity index is 1250. The lowest BCUT2D eigenvalue weighted by molar-refractivity contribution is 0.0949. The van der Waals surface area contributed by atoms with Crippen molar-refractivity contribution in [3.63, 3.8) is 0 Å². The van der Waals surface area contributed by atoms with Crippen LogP contribution in [-0.4, -0.2) is 44.0 Å². The van der Waals surface area contributed by atoms with Gasteiger partial charge in [-0.1, -0.05) is 12.1 Å². The van der Waals surface area contributed by atoms with Crippen molar-refractivity contribution in [1.82, 2.24) is 10.3 Å². The molecule has 5 rings (SSSR count). The van der Waals surface area contributed by atoms with Gasteiger partial charge >= 0.3 is 0 Å². The van der Waals surface area contributed by atoms with Crippen molar-refractivity contribution in [3.05, 3.63) is 65.9 Å². The Balaban J connectivity index is 1.46. The highest BCUT2D eigenvalue weighted by molar-refractivity contribution is 6.13. The minimum Gasteiger partial charge on any atom is -0.495 e. The summed E-state index contributed by atoms with van der Waals surface area (Å²) >= 11 is 0. The molecular weight excluding hydrogens is 418 g/mol. The fourth-order valence-corrected chi connectivity index (χ4v) is 3.97. The number of carbonyl (C=O) groups is 2. The smallest absolute Gasteiger partial charge is 0.260 e. The summed E-state index contributed by atoms with van der Waals surface area (Å²) in [5, 5.41) is 6.27. The second kappa shape index (κ2) is 8.12. The van der Waals surface area contributed by atoms with Gasteiger partial charge in [-0.3, -0.25) is 9.59 Å². The van der Waals surface area contributed by atoms with Gasteiger partial charge in [0.25, 0.3) is 11.8 Å². The van der Waals surface area contributed by atoms with Crippen LogP contribution in [-0.2, 0) is 0 Å². The Hall–Kier alpha value is -4.07. The summed E-state index contributed by atoms with van der Waals surface area (Å²) in [5.74, 6) is 0.953. The van der Waals surface area contributed by atoms with Gasteiger partial charge in [-0.15, -0.1) is 0 Å². The topological polar surface area (TPSA) is 86.8 Å². The molecule has 3 aromatic rings. The van der Waals surface area contributed by atoms with Crippen molar-refractivity contribution in [1.29, 1.82) is 0 Å². The zero-order valence-corrected chi connectivity index (χ0v) is 18.8. The molecule has 8 nitrogen and oxygen atoms in total. The summed E-state index contributed by atoms with van der Waals surface area (Å²) in [6.45, 7) is 0. The van der Waals surface area contributed by atoms with E-state index < -0.39 is 0 Å². The maximum absolute atomic E-state index is 13.0. The molecule has 1 saturated carbocycles. The maximum atomic E-state index is 13.0. The van der Waals surface area contributed by atoms with E-state index in [1.807, 2.05) is 48.3 Å². The van der Waals surface area contributed by atoms with Gasteiger partial charge in [0, 0.05) is 31.8 Å². The van der Waals surface area contributed by atoms with E-state index in [9.17, 15) is 9.59 Å². The number of carbonyl (C=O) groups excluding carboxylic acids is 2. The van der Waals surface area contributed by atoms with Crippen molar-refractivity contribution in [3.8, 4) is 5.75 Å². The number of anilines is 5. The first kappa shape index (κ1) is 20.8. The number of nitrogens with zero attached hydrogens (tertiary/aromatic N) is 3. The largest absolute Gasteiger partial charge is 0.495 e. The summed E-state index contributed by atoms with van der Waals surface area (Å²) in [6, 6.07) is 15.0. The zero-order chi connectivity index (χ0) is 23.1. The molecule has 8 heteroatoms. The molecule has 0 bridgehead atoms. The molecule has 1 aliphatic carbocycles. The lowest BCUT2D eigenvalue weighted by Crippen LogP contribution is -2.25. The minimum absolute atomic E-state index is 0.0829. The Morgan fingerprint density at radius 1 is 1.03 bits per heavy atom. The molecule has 1 fully saturated rings.